The summed E-state index contributed by atoms with van der Waals surface area (Å²) in [5.74, 6) is 1.03. The van der Waals surface area contributed by atoms with E-state index in [0.717, 1.165) is 36.2 Å². The van der Waals surface area contributed by atoms with Gasteiger partial charge in [-0.15, -0.1) is 0 Å². The lowest BCUT2D eigenvalue weighted by Crippen LogP contribution is -2.18. The molecule has 0 saturated heterocycles. The predicted molar refractivity (Wildman–Crippen MR) is 86.9 cm³/mol. The minimum absolute atomic E-state index is 0.647. The van der Waals surface area contributed by atoms with E-state index in [1.165, 1.54) is 5.56 Å². The van der Waals surface area contributed by atoms with E-state index in [1.54, 1.807) is 12.3 Å². The minimum Gasteiger partial charge on any atom is -0.361 e. The number of rotatable bonds is 5. The summed E-state index contributed by atoms with van der Waals surface area (Å²) in [4.78, 5) is 7.50. The molecular formula is C15H16Cl2N4. The monoisotopic (exact) mass is 322 g/mol. The number of fused-ring (bicyclic) bond motifs is 1. The Morgan fingerprint density at radius 3 is 2.95 bits per heavy atom. The molecule has 0 radical (unpaired) electrons. The van der Waals surface area contributed by atoms with Crippen molar-refractivity contribution in [3.05, 3.63) is 52.2 Å². The number of imidazole rings is 1. The van der Waals surface area contributed by atoms with E-state index in [9.17, 15) is 0 Å². The second kappa shape index (κ2) is 6.10. The first kappa shape index (κ1) is 14.4. The minimum atomic E-state index is 0.647. The van der Waals surface area contributed by atoms with Crippen LogP contribution in [0.4, 0.5) is 0 Å². The Morgan fingerprint density at radius 2 is 2.19 bits per heavy atom. The Kier molecular flexibility index (Phi) is 4.19. The van der Waals surface area contributed by atoms with Crippen LogP contribution in [0.15, 0.2) is 30.7 Å². The fourth-order valence-electron chi connectivity index (χ4n) is 2.44. The maximum absolute atomic E-state index is 6.29. The second-order valence-electron chi connectivity index (χ2n) is 5.01. The van der Waals surface area contributed by atoms with Crippen LogP contribution in [0.3, 0.4) is 0 Å². The van der Waals surface area contributed by atoms with E-state index in [4.69, 9.17) is 23.2 Å². The van der Waals surface area contributed by atoms with Crippen LogP contribution in [-0.2, 0) is 20.0 Å². The third-order valence-electron chi connectivity index (χ3n) is 3.55. The average Bonchev–Trinajstić information content (AvgIpc) is 3.01. The quantitative estimate of drug-likeness (QED) is 0.706. The first-order valence-corrected chi connectivity index (χ1v) is 7.52. The molecule has 0 fully saturated rings. The van der Waals surface area contributed by atoms with E-state index in [-0.39, 0.29) is 0 Å². The highest BCUT2D eigenvalue weighted by molar-refractivity contribution is 6.38. The molecule has 2 aromatic heterocycles. The van der Waals surface area contributed by atoms with Gasteiger partial charge in [0, 0.05) is 41.6 Å². The van der Waals surface area contributed by atoms with Crippen LogP contribution in [0.5, 0.6) is 0 Å². The fraction of sp³-hybridized carbons (Fsp3) is 0.267. The van der Waals surface area contributed by atoms with Gasteiger partial charge in [0.2, 0.25) is 0 Å². The summed E-state index contributed by atoms with van der Waals surface area (Å²) >= 11 is 12.3. The molecule has 2 heterocycles. The molecule has 3 aromatic rings. The van der Waals surface area contributed by atoms with Crippen molar-refractivity contribution in [2.45, 2.75) is 13.0 Å². The lowest BCUT2D eigenvalue weighted by atomic mass is 10.1. The van der Waals surface area contributed by atoms with Gasteiger partial charge in [-0.2, -0.15) is 0 Å². The summed E-state index contributed by atoms with van der Waals surface area (Å²) in [6, 6.07) is 3.68. The zero-order chi connectivity index (χ0) is 14.8. The molecule has 3 rings (SSSR count). The molecule has 0 aliphatic rings. The van der Waals surface area contributed by atoms with E-state index in [0.29, 0.717) is 10.0 Å². The van der Waals surface area contributed by atoms with Crippen molar-refractivity contribution >= 4 is 34.1 Å². The molecule has 4 nitrogen and oxygen atoms in total. The van der Waals surface area contributed by atoms with Crippen LogP contribution in [0.2, 0.25) is 10.0 Å². The Balaban J connectivity index is 1.65. The smallest absolute Gasteiger partial charge is 0.122 e. The fourth-order valence-corrected chi connectivity index (χ4v) is 3.05. The van der Waals surface area contributed by atoms with Gasteiger partial charge >= 0.3 is 0 Å². The van der Waals surface area contributed by atoms with Crippen LogP contribution in [0.1, 0.15) is 11.4 Å². The number of hydrogen-bond donors (Lipinski definition) is 2. The number of aryl methyl sites for hydroxylation is 1. The van der Waals surface area contributed by atoms with Gasteiger partial charge in [0.25, 0.3) is 0 Å². The van der Waals surface area contributed by atoms with Crippen LogP contribution in [-0.4, -0.2) is 21.1 Å². The standard InChI is InChI=1S/C15H16Cl2N4/c1-21-5-4-19-14(21)9-18-3-2-10-8-20-13-7-11(16)6-12(17)15(10)13/h4-8,18,20H,2-3,9H2,1H3. The molecule has 0 spiro atoms. The summed E-state index contributed by atoms with van der Waals surface area (Å²) in [6.07, 6.45) is 6.64. The molecule has 0 amide bonds. The van der Waals surface area contributed by atoms with Gasteiger partial charge in [0.15, 0.2) is 0 Å². The molecule has 110 valence electrons. The number of hydrogen-bond acceptors (Lipinski definition) is 2. The van der Waals surface area contributed by atoms with E-state index < -0.39 is 0 Å². The summed E-state index contributed by atoms with van der Waals surface area (Å²) in [6.45, 7) is 1.62. The SMILES string of the molecule is Cn1ccnc1CNCCc1c[nH]c2cc(Cl)cc(Cl)c12. The summed E-state index contributed by atoms with van der Waals surface area (Å²) in [7, 11) is 1.99. The highest BCUT2D eigenvalue weighted by Crippen LogP contribution is 2.30. The predicted octanol–water partition coefficient (Wildman–Crippen LogP) is 3.54. The number of nitrogens with one attached hydrogen (secondary N) is 2. The van der Waals surface area contributed by atoms with Crippen LogP contribution in [0.25, 0.3) is 10.9 Å². The number of aromatic nitrogens is 3. The molecule has 0 atom stereocenters. The number of aromatic amines is 1. The zero-order valence-corrected chi connectivity index (χ0v) is 13.2. The molecular weight excluding hydrogens is 307 g/mol. The number of nitrogens with zero attached hydrogens (tertiary/aromatic N) is 2. The number of halogens is 2. The van der Waals surface area contributed by atoms with E-state index >= 15 is 0 Å². The first-order chi connectivity index (χ1) is 10.1. The van der Waals surface area contributed by atoms with E-state index in [2.05, 4.69) is 15.3 Å². The van der Waals surface area contributed by atoms with Gasteiger partial charge in [0.05, 0.1) is 11.6 Å². The molecule has 0 bridgehead atoms. The Labute approximate surface area is 133 Å². The maximum Gasteiger partial charge on any atom is 0.122 e. The van der Waals surface area contributed by atoms with Crippen molar-refractivity contribution in [1.82, 2.24) is 19.9 Å². The lowest BCUT2D eigenvalue weighted by Gasteiger charge is -2.05. The van der Waals surface area contributed by atoms with E-state index in [1.807, 2.05) is 30.1 Å². The van der Waals surface area contributed by atoms with Crippen molar-refractivity contribution in [2.75, 3.05) is 6.54 Å². The van der Waals surface area contributed by atoms with Crippen molar-refractivity contribution in [3.8, 4) is 0 Å². The molecule has 0 aliphatic carbocycles. The molecule has 0 aliphatic heterocycles. The summed E-state index contributed by atoms with van der Waals surface area (Å²) in [5.41, 5.74) is 2.17. The maximum atomic E-state index is 6.29. The van der Waals surface area contributed by atoms with Crippen molar-refractivity contribution < 1.29 is 0 Å². The van der Waals surface area contributed by atoms with Gasteiger partial charge in [-0.25, -0.2) is 4.98 Å². The molecule has 6 heteroatoms. The van der Waals surface area contributed by atoms with Crippen LogP contribution < -0.4 is 5.32 Å². The summed E-state index contributed by atoms with van der Waals surface area (Å²) in [5, 5.41) is 5.79. The highest BCUT2D eigenvalue weighted by Gasteiger charge is 2.09. The molecule has 0 saturated carbocycles. The topological polar surface area (TPSA) is 45.6 Å². The zero-order valence-electron chi connectivity index (χ0n) is 11.7. The third-order valence-corrected chi connectivity index (χ3v) is 4.07. The molecule has 2 N–H and O–H groups in total. The van der Waals surface area contributed by atoms with Gasteiger partial charge in [-0.3, -0.25) is 0 Å². The Hall–Kier alpha value is -1.49. The Morgan fingerprint density at radius 1 is 1.33 bits per heavy atom. The first-order valence-electron chi connectivity index (χ1n) is 6.77. The number of H-pyrrole nitrogens is 1. The number of benzene rings is 1. The largest absolute Gasteiger partial charge is 0.361 e. The molecule has 0 unspecified atom stereocenters. The average molecular weight is 323 g/mol. The second-order valence-corrected chi connectivity index (χ2v) is 5.85. The highest BCUT2D eigenvalue weighted by atomic mass is 35.5. The van der Waals surface area contributed by atoms with Crippen LogP contribution >= 0.6 is 23.2 Å². The van der Waals surface area contributed by atoms with Crippen molar-refractivity contribution in [3.63, 3.8) is 0 Å². The van der Waals surface area contributed by atoms with Crippen molar-refractivity contribution in [2.24, 2.45) is 7.05 Å². The lowest BCUT2D eigenvalue weighted by molar-refractivity contribution is 0.638. The van der Waals surface area contributed by atoms with Gasteiger partial charge in [-0.05, 0) is 30.7 Å². The van der Waals surface area contributed by atoms with Crippen molar-refractivity contribution in [1.29, 1.82) is 0 Å². The van der Waals surface area contributed by atoms with Crippen LogP contribution in [0, 0.1) is 0 Å². The third kappa shape index (κ3) is 3.07. The molecule has 1 aromatic carbocycles. The Bertz CT molecular complexity index is 760. The van der Waals surface area contributed by atoms with Gasteiger partial charge in [0.1, 0.15) is 5.82 Å². The van der Waals surface area contributed by atoms with Gasteiger partial charge < -0.3 is 14.9 Å². The summed E-state index contributed by atoms with van der Waals surface area (Å²) < 4.78 is 2.01. The molecule has 21 heavy (non-hydrogen) atoms. The van der Waals surface area contributed by atoms with Gasteiger partial charge in [-0.1, -0.05) is 23.2 Å². The normalized spacial score (nSPS) is 11.4.